The quantitative estimate of drug-likeness (QED) is 0.0996. The van der Waals surface area contributed by atoms with Gasteiger partial charge in [0, 0.05) is 0 Å². The molecule has 0 saturated heterocycles. The summed E-state index contributed by atoms with van der Waals surface area (Å²) in [6, 6.07) is 10.7. The van der Waals surface area contributed by atoms with E-state index in [1.165, 1.54) is 121 Å². The maximum absolute atomic E-state index is 12.8. The fourth-order valence-electron chi connectivity index (χ4n) is 6.59. The number of carboxylic acids is 1. The van der Waals surface area contributed by atoms with E-state index in [4.69, 9.17) is 0 Å². The van der Waals surface area contributed by atoms with Crippen LogP contribution in [0.3, 0.4) is 0 Å². The van der Waals surface area contributed by atoms with E-state index >= 15 is 0 Å². The number of hydrogen-bond donors (Lipinski definition) is 1. The Morgan fingerprint density at radius 1 is 0.625 bits per heavy atom. The molecule has 0 saturated carbocycles. The number of aliphatic carboxylic acids is 1. The van der Waals surface area contributed by atoms with Gasteiger partial charge in [-0.25, -0.2) is 0 Å². The molecular weight excluding hydrogens is 488 g/mol. The van der Waals surface area contributed by atoms with Crippen molar-refractivity contribution in [1.29, 1.82) is 0 Å². The molecule has 0 amide bonds. The fourth-order valence-corrected chi connectivity index (χ4v) is 6.59. The molecule has 1 aromatic rings. The average molecular weight is 557 g/mol. The minimum Gasteiger partial charge on any atom is -0.481 e. The van der Waals surface area contributed by atoms with Crippen LogP contribution in [0.5, 0.6) is 0 Å². The highest BCUT2D eigenvalue weighted by Crippen LogP contribution is 2.40. The summed E-state index contributed by atoms with van der Waals surface area (Å²) in [5, 5.41) is 10.6. The van der Waals surface area contributed by atoms with Gasteiger partial charge in [-0.05, 0) is 43.6 Å². The lowest BCUT2D eigenvalue weighted by Crippen LogP contribution is -2.33. The van der Waals surface area contributed by atoms with E-state index in [1.807, 2.05) is 0 Å². The predicted octanol–water partition coefficient (Wildman–Crippen LogP) is 12.7. The molecule has 0 fully saturated rings. The summed E-state index contributed by atoms with van der Waals surface area (Å²) in [6.07, 6.45) is 32.1. The van der Waals surface area contributed by atoms with Crippen LogP contribution in [-0.4, -0.2) is 11.1 Å². The molecule has 2 atom stereocenters. The molecule has 232 valence electrons. The zero-order valence-electron chi connectivity index (χ0n) is 27.2. The van der Waals surface area contributed by atoms with Crippen molar-refractivity contribution < 1.29 is 9.90 Å². The first kappa shape index (κ1) is 36.7. The van der Waals surface area contributed by atoms with Gasteiger partial charge in [0.25, 0.3) is 0 Å². The lowest BCUT2D eigenvalue weighted by molar-refractivity contribution is -0.151. The molecule has 2 unspecified atom stereocenters. The highest BCUT2D eigenvalue weighted by Gasteiger charge is 2.38. The summed E-state index contributed by atoms with van der Waals surface area (Å²) < 4.78 is 0. The van der Waals surface area contributed by atoms with Crippen molar-refractivity contribution in [3.63, 3.8) is 0 Å². The van der Waals surface area contributed by atoms with E-state index in [9.17, 15) is 9.90 Å². The molecule has 0 aliphatic heterocycles. The SMILES string of the molecule is CCCCCCCCCCCCC(C)CC(CCCCCCCCCC)(CCCCCc1ccccc1)C(=O)O. The molecule has 0 aliphatic carbocycles. The summed E-state index contributed by atoms with van der Waals surface area (Å²) >= 11 is 0. The monoisotopic (exact) mass is 557 g/mol. The number of rotatable bonds is 29. The minimum atomic E-state index is -0.521. The largest absolute Gasteiger partial charge is 0.481 e. The maximum atomic E-state index is 12.8. The van der Waals surface area contributed by atoms with Crippen LogP contribution in [0.4, 0.5) is 0 Å². The van der Waals surface area contributed by atoms with Gasteiger partial charge in [-0.2, -0.15) is 0 Å². The Kier molecular flexibility index (Phi) is 23.3. The Labute approximate surface area is 250 Å². The second-order valence-corrected chi connectivity index (χ2v) is 13.1. The summed E-state index contributed by atoms with van der Waals surface area (Å²) in [5.74, 6) is -0.0167. The number of carbonyl (C=O) groups is 1. The first-order valence-corrected chi connectivity index (χ1v) is 17.8. The summed E-state index contributed by atoms with van der Waals surface area (Å²) in [6.45, 7) is 6.88. The number of aryl methyl sites for hydroxylation is 1. The number of unbranched alkanes of at least 4 members (excludes halogenated alkanes) is 18. The molecule has 0 radical (unpaired) electrons. The predicted molar refractivity (Wildman–Crippen MR) is 176 cm³/mol. The summed E-state index contributed by atoms with van der Waals surface area (Å²) in [4.78, 5) is 12.8. The second kappa shape index (κ2) is 25.4. The lowest BCUT2D eigenvalue weighted by atomic mass is 9.71. The third-order valence-corrected chi connectivity index (χ3v) is 9.22. The molecule has 40 heavy (non-hydrogen) atoms. The molecule has 1 rings (SSSR count). The molecule has 0 aromatic heterocycles. The van der Waals surface area contributed by atoms with Crippen molar-refractivity contribution in [2.75, 3.05) is 0 Å². The van der Waals surface area contributed by atoms with Crippen molar-refractivity contribution in [2.45, 2.75) is 188 Å². The Hall–Kier alpha value is -1.31. The fraction of sp³-hybridized carbons (Fsp3) is 0.816. The summed E-state index contributed by atoms with van der Waals surface area (Å²) in [5.41, 5.74) is 0.878. The Morgan fingerprint density at radius 3 is 1.52 bits per heavy atom. The van der Waals surface area contributed by atoms with E-state index < -0.39 is 11.4 Å². The molecule has 2 heteroatoms. The van der Waals surface area contributed by atoms with Crippen LogP contribution in [0.25, 0.3) is 0 Å². The van der Waals surface area contributed by atoms with Crippen LogP contribution < -0.4 is 0 Å². The average Bonchev–Trinajstić information content (AvgIpc) is 2.95. The highest BCUT2D eigenvalue weighted by atomic mass is 16.4. The Balaban J connectivity index is 2.47. The van der Waals surface area contributed by atoms with Crippen molar-refractivity contribution in [3.05, 3.63) is 35.9 Å². The van der Waals surface area contributed by atoms with E-state index in [2.05, 4.69) is 51.1 Å². The molecule has 0 spiro atoms. The van der Waals surface area contributed by atoms with Crippen LogP contribution >= 0.6 is 0 Å². The third-order valence-electron chi connectivity index (χ3n) is 9.22. The minimum absolute atomic E-state index is 0.503. The third kappa shape index (κ3) is 18.9. The van der Waals surface area contributed by atoms with E-state index in [0.717, 1.165) is 51.4 Å². The molecule has 0 bridgehead atoms. The van der Waals surface area contributed by atoms with Gasteiger partial charge in [0.05, 0.1) is 5.41 Å². The van der Waals surface area contributed by atoms with Crippen molar-refractivity contribution in [3.8, 4) is 0 Å². The Morgan fingerprint density at radius 2 is 1.05 bits per heavy atom. The second-order valence-electron chi connectivity index (χ2n) is 13.1. The topological polar surface area (TPSA) is 37.3 Å². The van der Waals surface area contributed by atoms with Crippen LogP contribution in [0.15, 0.2) is 30.3 Å². The van der Waals surface area contributed by atoms with E-state index in [-0.39, 0.29) is 0 Å². The van der Waals surface area contributed by atoms with Gasteiger partial charge in [-0.3, -0.25) is 4.79 Å². The summed E-state index contributed by atoms with van der Waals surface area (Å²) in [7, 11) is 0. The molecule has 1 N–H and O–H groups in total. The van der Waals surface area contributed by atoms with Gasteiger partial charge in [-0.15, -0.1) is 0 Å². The molecule has 2 nitrogen and oxygen atoms in total. The van der Waals surface area contributed by atoms with Gasteiger partial charge >= 0.3 is 5.97 Å². The number of benzene rings is 1. The van der Waals surface area contributed by atoms with E-state index in [1.54, 1.807) is 0 Å². The zero-order valence-corrected chi connectivity index (χ0v) is 27.2. The maximum Gasteiger partial charge on any atom is 0.309 e. The van der Waals surface area contributed by atoms with Crippen molar-refractivity contribution >= 4 is 5.97 Å². The first-order valence-electron chi connectivity index (χ1n) is 17.8. The molecule has 0 heterocycles. The van der Waals surface area contributed by atoms with Gasteiger partial charge in [0.2, 0.25) is 0 Å². The Bertz CT molecular complexity index is 684. The number of hydrogen-bond acceptors (Lipinski definition) is 1. The number of carboxylic acid groups (broad SMARTS) is 1. The van der Waals surface area contributed by atoms with Gasteiger partial charge in [0.1, 0.15) is 0 Å². The lowest BCUT2D eigenvalue weighted by Gasteiger charge is -2.32. The first-order chi connectivity index (χ1) is 19.5. The van der Waals surface area contributed by atoms with Crippen LogP contribution in [0, 0.1) is 11.3 Å². The van der Waals surface area contributed by atoms with Crippen LogP contribution in [0.2, 0.25) is 0 Å². The molecule has 1 aromatic carbocycles. The van der Waals surface area contributed by atoms with Crippen molar-refractivity contribution in [1.82, 2.24) is 0 Å². The van der Waals surface area contributed by atoms with Crippen molar-refractivity contribution in [2.24, 2.45) is 11.3 Å². The molecular formula is C38H68O2. The van der Waals surface area contributed by atoms with Crippen LogP contribution in [-0.2, 0) is 11.2 Å². The normalized spacial score (nSPS) is 13.8. The van der Waals surface area contributed by atoms with Gasteiger partial charge < -0.3 is 5.11 Å². The highest BCUT2D eigenvalue weighted by molar-refractivity contribution is 5.74. The smallest absolute Gasteiger partial charge is 0.309 e. The van der Waals surface area contributed by atoms with Gasteiger partial charge in [-0.1, -0.05) is 186 Å². The zero-order chi connectivity index (χ0) is 29.2. The van der Waals surface area contributed by atoms with Gasteiger partial charge in [0.15, 0.2) is 0 Å². The van der Waals surface area contributed by atoms with Crippen LogP contribution in [0.1, 0.15) is 187 Å². The standard InChI is InChI=1S/C38H68O2/c1-4-6-8-10-12-14-15-16-18-22-28-35(3)34-38(37(39)40,32-26-19-17-13-11-9-7-5-2)33-27-21-25-31-36-29-23-20-24-30-36/h20,23-24,29-30,35H,4-19,21-22,25-28,31-34H2,1-3H3,(H,39,40). The molecule has 0 aliphatic rings. The van der Waals surface area contributed by atoms with E-state index in [0.29, 0.717) is 5.92 Å².